The van der Waals surface area contributed by atoms with Crippen molar-refractivity contribution >= 4 is 23.4 Å². The maximum Gasteiger partial charge on any atom is 0.225 e. The second-order valence-corrected chi connectivity index (χ2v) is 8.26. The first-order valence-corrected chi connectivity index (χ1v) is 10.9. The molecule has 30 heavy (non-hydrogen) atoms. The minimum atomic E-state index is 0.833. The molecule has 0 spiro atoms. The molecule has 1 aromatic carbocycles. The number of nitrogens with zero attached hydrogens (tertiary/aromatic N) is 6. The molecular formula is C23H25ClN6. The summed E-state index contributed by atoms with van der Waals surface area (Å²) < 4.78 is 0. The van der Waals surface area contributed by atoms with Crippen LogP contribution < -0.4 is 9.80 Å². The first-order valence-electron chi connectivity index (χ1n) is 10.5. The van der Waals surface area contributed by atoms with Gasteiger partial charge in [-0.2, -0.15) is 0 Å². The molecule has 0 atom stereocenters. The number of anilines is 2. The van der Waals surface area contributed by atoms with Crippen LogP contribution in [-0.4, -0.2) is 52.6 Å². The summed E-state index contributed by atoms with van der Waals surface area (Å²) in [5.74, 6) is 1.90. The minimum absolute atomic E-state index is 0.833. The molecule has 0 bridgehead atoms. The van der Waals surface area contributed by atoms with Crippen LogP contribution in [0.5, 0.6) is 0 Å². The molecule has 2 aliphatic rings. The van der Waals surface area contributed by atoms with Crippen LogP contribution in [0.2, 0.25) is 5.02 Å². The molecule has 0 unspecified atom stereocenters. The van der Waals surface area contributed by atoms with E-state index in [9.17, 15) is 0 Å². The van der Waals surface area contributed by atoms with Crippen LogP contribution in [0.4, 0.5) is 11.8 Å². The van der Waals surface area contributed by atoms with Gasteiger partial charge in [-0.25, -0.2) is 15.0 Å². The van der Waals surface area contributed by atoms with Gasteiger partial charge in [-0.3, -0.25) is 4.90 Å². The lowest BCUT2D eigenvalue weighted by Gasteiger charge is -2.36. The molecule has 1 saturated heterocycles. The van der Waals surface area contributed by atoms with Gasteiger partial charge in [0.15, 0.2) is 0 Å². The number of rotatable bonds is 4. The number of benzene rings is 1. The molecule has 0 saturated carbocycles. The van der Waals surface area contributed by atoms with Gasteiger partial charge in [0.05, 0.1) is 5.69 Å². The summed E-state index contributed by atoms with van der Waals surface area (Å²) in [6.07, 6.45) is 4.81. The van der Waals surface area contributed by atoms with Crippen LogP contribution in [-0.2, 0) is 19.5 Å². The lowest BCUT2D eigenvalue weighted by Crippen LogP contribution is -2.47. The monoisotopic (exact) mass is 420 g/mol. The van der Waals surface area contributed by atoms with Gasteiger partial charge in [0.1, 0.15) is 5.82 Å². The fraction of sp³-hybridized carbons (Fsp3) is 0.348. The summed E-state index contributed by atoms with van der Waals surface area (Å²) in [5, 5.41) is 0.833. The van der Waals surface area contributed by atoms with Crippen molar-refractivity contribution in [3.05, 3.63) is 76.7 Å². The highest BCUT2D eigenvalue weighted by Crippen LogP contribution is 2.24. The Morgan fingerprint density at radius 3 is 2.47 bits per heavy atom. The molecule has 6 nitrogen and oxygen atoms in total. The summed E-state index contributed by atoms with van der Waals surface area (Å²) in [6.45, 7) is 6.40. The molecular weight excluding hydrogens is 396 g/mol. The van der Waals surface area contributed by atoms with E-state index in [1.54, 1.807) is 0 Å². The second kappa shape index (κ2) is 8.58. The predicted octanol–water partition coefficient (Wildman–Crippen LogP) is 3.41. The fourth-order valence-corrected chi connectivity index (χ4v) is 4.39. The third kappa shape index (κ3) is 4.11. The van der Waals surface area contributed by atoms with Crippen LogP contribution >= 0.6 is 11.6 Å². The third-order valence-electron chi connectivity index (χ3n) is 5.89. The number of pyridine rings is 1. The van der Waals surface area contributed by atoms with Gasteiger partial charge < -0.3 is 9.80 Å². The normalized spacial score (nSPS) is 17.1. The maximum absolute atomic E-state index is 6.34. The fourth-order valence-electron chi connectivity index (χ4n) is 4.20. The molecule has 0 N–H and O–H groups in total. The lowest BCUT2D eigenvalue weighted by atomic mass is 10.1. The maximum atomic E-state index is 6.34. The van der Waals surface area contributed by atoms with E-state index < -0.39 is 0 Å². The highest BCUT2D eigenvalue weighted by molar-refractivity contribution is 6.31. The van der Waals surface area contributed by atoms with Gasteiger partial charge in [0.2, 0.25) is 5.95 Å². The molecule has 7 heteroatoms. The Balaban J connectivity index is 1.22. The topological polar surface area (TPSA) is 48.4 Å². The quantitative estimate of drug-likeness (QED) is 0.644. The van der Waals surface area contributed by atoms with E-state index in [1.807, 2.05) is 42.7 Å². The van der Waals surface area contributed by atoms with E-state index in [4.69, 9.17) is 21.6 Å². The van der Waals surface area contributed by atoms with Gasteiger partial charge in [0, 0.05) is 75.2 Å². The zero-order valence-electron chi connectivity index (χ0n) is 16.9. The van der Waals surface area contributed by atoms with Gasteiger partial charge in [0.25, 0.3) is 0 Å². The number of fused-ring (bicyclic) bond motifs is 1. The molecule has 0 radical (unpaired) electrons. The van der Waals surface area contributed by atoms with Crippen LogP contribution in [0.25, 0.3) is 0 Å². The van der Waals surface area contributed by atoms with Crippen molar-refractivity contribution < 1.29 is 0 Å². The highest BCUT2D eigenvalue weighted by atomic mass is 35.5. The largest absolute Gasteiger partial charge is 0.353 e. The third-order valence-corrected chi connectivity index (χ3v) is 6.26. The minimum Gasteiger partial charge on any atom is -0.353 e. The van der Waals surface area contributed by atoms with Crippen LogP contribution in [0, 0.1) is 0 Å². The smallest absolute Gasteiger partial charge is 0.225 e. The Bertz CT molecular complexity index is 1000. The molecule has 154 valence electrons. The van der Waals surface area contributed by atoms with E-state index in [-0.39, 0.29) is 0 Å². The van der Waals surface area contributed by atoms with Gasteiger partial charge in [-0.05, 0) is 23.8 Å². The molecule has 1 fully saturated rings. The first-order chi connectivity index (χ1) is 14.8. The number of hydrogen-bond donors (Lipinski definition) is 0. The molecule has 0 aliphatic carbocycles. The van der Waals surface area contributed by atoms with Crippen LogP contribution in [0.3, 0.4) is 0 Å². The number of piperazine rings is 1. The standard InChI is InChI=1S/C23H25ClN6/c24-20-6-2-1-5-18(20)16-28-10-8-21-19(17-28)15-26-23(27-21)30-13-11-29(12-14-30)22-7-3-4-9-25-22/h1-7,9,15H,8,10-14,16-17H2. The van der Waals surface area contributed by atoms with Crippen molar-refractivity contribution in [2.24, 2.45) is 0 Å². The zero-order valence-corrected chi connectivity index (χ0v) is 17.7. The lowest BCUT2D eigenvalue weighted by molar-refractivity contribution is 0.243. The van der Waals surface area contributed by atoms with E-state index in [2.05, 4.69) is 31.8 Å². The number of halogens is 1. The summed E-state index contributed by atoms with van der Waals surface area (Å²) in [6, 6.07) is 14.1. The van der Waals surface area contributed by atoms with Crippen LogP contribution in [0.1, 0.15) is 16.8 Å². The Hall–Kier alpha value is -2.70. The number of aromatic nitrogens is 3. The Labute approximate surface area is 182 Å². The first kappa shape index (κ1) is 19.3. The van der Waals surface area contributed by atoms with E-state index >= 15 is 0 Å². The average molecular weight is 421 g/mol. The van der Waals surface area contributed by atoms with Crippen molar-refractivity contribution in [2.75, 3.05) is 42.5 Å². The molecule has 3 aromatic rings. The number of hydrogen-bond acceptors (Lipinski definition) is 6. The molecule has 4 heterocycles. The van der Waals surface area contributed by atoms with Crippen molar-refractivity contribution in [1.82, 2.24) is 19.9 Å². The van der Waals surface area contributed by atoms with Gasteiger partial charge >= 0.3 is 0 Å². The van der Waals surface area contributed by atoms with E-state index in [0.29, 0.717) is 0 Å². The van der Waals surface area contributed by atoms with E-state index in [0.717, 1.165) is 69.0 Å². The highest BCUT2D eigenvalue weighted by Gasteiger charge is 2.23. The molecule has 2 aliphatic heterocycles. The SMILES string of the molecule is Clc1ccccc1CN1CCc2nc(N3CCN(c4ccccn4)CC3)ncc2C1. The van der Waals surface area contributed by atoms with Crippen LogP contribution in [0.15, 0.2) is 54.9 Å². The van der Waals surface area contributed by atoms with Crippen molar-refractivity contribution in [3.8, 4) is 0 Å². The summed E-state index contributed by atoms with van der Waals surface area (Å²) in [7, 11) is 0. The molecule has 2 aromatic heterocycles. The zero-order chi connectivity index (χ0) is 20.3. The predicted molar refractivity (Wildman–Crippen MR) is 120 cm³/mol. The summed E-state index contributed by atoms with van der Waals surface area (Å²) in [4.78, 5) is 21.1. The Kier molecular flexibility index (Phi) is 5.51. The van der Waals surface area contributed by atoms with Crippen molar-refractivity contribution in [1.29, 1.82) is 0 Å². The van der Waals surface area contributed by atoms with Gasteiger partial charge in [-0.15, -0.1) is 0 Å². The summed E-state index contributed by atoms with van der Waals surface area (Å²) >= 11 is 6.34. The van der Waals surface area contributed by atoms with E-state index in [1.165, 1.54) is 16.8 Å². The molecule has 0 amide bonds. The van der Waals surface area contributed by atoms with Gasteiger partial charge in [-0.1, -0.05) is 35.9 Å². The second-order valence-electron chi connectivity index (χ2n) is 7.86. The average Bonchev–Trinajstić information content (AvgIpc) is 2.81. The van der Waals surface area contributed by atoms with Crippen molar-refractivity contribution in [3.63, 3.8) is 0 Å². The Morgan fingerprint density at radius 2 is 1.67 bits per heavy atom. The summed E-state index contributed by atoms with van der Waals surface area (Å²) in [5.41, 5.74) is 3.58. The molecule has 5 rings (SSSR count). The Morgan fingerprint density at radius 1 is 0.867 bits per heavy atom. The van der Waals surface area contributed by atoms with Crippen molar-refractivity contribution in [2.45, 2.75) is 19.5 Å².